The molecule has 0 radical (unpaired) electrons. The molecule has 1 fully saturated rings. The van der Waals surface area contributed by atoms with Gasteiger partial charge in [0.25, 0.3) is 0 Å². The number of carbonyl (C=O) groups is 1. The van der Waals surface area contributed by atoms with Gasteiger partial charge in [0.1, 0.15) is 0 Å². The molecule has 0 saturated carbocycles. The third-order valence-corrected chi connectivity index (χ3v) is 4.73. The first kappa shape index (κ1) is 17.1. The average molecular weight is 363 g/mol. The molecular formula is C19H21N7O. The number of nitrogens with zero attached hydrogens (tertiary/aromatic N) is 6. The van der Waals surface area contributed by atoms with E-state index in [-0.39, 0.29) is 6.03 Å². The van der Waals surface area contributed by atoms with Gasteiger partial charge in [-0.25, -0.2) is 24.7 Å². The van der Waals surface area contributed by atoms with Crippen molar-refractivity contribution in [2.75, 3.05) is 36.4 Å². The number of aromatic nitrogens is 4. The lowest BCUT2D eigenvalue weighted by Crippen LogP contribution is -2.50. The van der Waals surface area contributed by atoms with Gasteiger partial charge in [-0.3, -0.25) is 0 Å². The van der Waals surface area contributed by atoms with Gasteiger partial charge in [0.15, 0.2) is 0 Å². The van der Waals surface area contributed by atoms with Crippen LogP contribution in [0.2, 0.25) is 0 Å². The summed E-state index contributed by atoms with van der Waals surface area (Å²) < 4.78 is 0. The zero-order chi connectivity index (χ0) is 18.8. The molecule has 0 atom stereocenters. The van der Waals surface area contributed by atoms with E-state index < -0.39 is 0 Å². The van der Waals surface area contributed by atoms with Crippen LogP contribution in [-0.2, 0) is 0 Å². The maximum Gasteiger partial charge on any atom is 0.321 e. The Morgan fingerprint density at radius 1 is 0.963 bits per heavy atom. The standard InChI is InChI=1S/C19H21N7O/c1-13-14(2)23-17-12-15(4-5-16(17)22-13)24-19(27)26-10-8-25(9-11-26)18-20-6-3-7-21-18/h3-7,12H,8-11H2,1-2H3,(H,24,27). The number of rotatable bonds is 2. The lowest BCUT2D eigenvalue weighted by molar-refractivity contribution is 0.208. The number of hydrogen-bond acceptors (Lipinski definition) is 6. The molecule has 2 aromatic heterocycles. The molecule has 1 aromatic carbocycles. The van der Waals surface area contributed by atoms with Crippen molar-refractivity contribution in [3.8, 4) is 0 Å². The summed E-state index contributed by atoms with van der Waals surface area (Å²) in [5.74, 6) is 0.705. The van der Waals surface area contributed by atoms with Gasteiger partial charge in [0.05, 0.1) is 22.4 Å². The van der Waals surface area contributed by atoms with Crippen LogP contribution in [0.1, 0.15) is 11.4 Å². The highest BCUT2D eigenvalue weighted by molar-refractivity contribution is 5.92. The largest absolute Gasteiger partial charge is 0.337 e. The van der Waals surface area contributed by atoms with Crippen LogP contribution in [0.3, 0.4) is 0 Å². The second kappa shape index (κ2) is 7.14. The smallest absolute Gasteiger partial charge is 0.321 e. The Hall–Kier alpha value is -3.29. The zero-order valence-electron chi connectivity index (χ0n) is 15.4. The van der Waals surface area contributed by atoms with E-state index in [4.69, 9.17) is 0 Å². The van der Waals surface area contributed by atoms with Crippen LogP contribution < -0.4 is 10.2 Å². The summed E-state index contributed by atoms with van der Waals surface area (Å²) in [4.78, 5) is 34.1. The summed E-state index contributed by atoms with van der Waals surface area (Å²) in [5, 5.41) is 2.96. The fourth-order valence-corrected chi connectivity index (χ4v) is 3.08. The van der Waals surface area contributed by atoms with Gasteiger partial charge in [0.2, 0.25) is 5.95 Å². The monoisotopic (exact) mass is 363 g/mol. The molecule has 0 aliphatic carbocycles. The van der Waals surface area contributed by atoms with E-state index in [0.717, 1.165) is 28.1 Å². The highest BCUT2D eigenvalue weighted by atomic mass is 16.2. The van der Waals surface area contributed by atoms with Crippen LogP contribution >= 0.6 is 0 Å². The summed E-state index contributed by atoms with van der Waals surface area (Å²) in [6.07, 6.45) is 3.46. The molecule has 138 valence electrons. The Morgan fingerprint density at radius 2 is 1.63 bits per heavy atom. The summed E-state index contributed by atoms with van der Waals surface area (Å²) in [5.41, 5.74) is 4.14. The summed E-state index contributed by atoms with van der Waals surface area (Å²) in [7, 11) is 0. The molecule has 1 aliphatic rings. The Labute approximate surface area is 157 Å². The first-order valence-corrected chi connectivity index (χ1v) is 8.93. The number of aryl methyl sites for hydroxylation is 2. The second-order valence-corrected chi connectivity index (χ2v) is 6.55. The molecule has 4 rings (SSSR count). The van der Waals surface area contributed by atoms with Gasteiger partial charge in [-0.05, 0) is 38.1 Å². The van der Waals surface area contributed by atoms with Gasteiger partial charge >= 0.3 is 6.03 Å². The Morgan fingerprint density at radius 3 is 2.33 bits per heavy atom. The van der Waals surface area contributed by atoms with Crippen LogP contribution in [0, 0.1) is 13.8 Å². The van der Waals surface area contributed by atoms with Crippen molar-refractivity contribution in [2.45, 2.75) is 13.8 Å². The van der Waals surface area contributed by atoms with Crippen molar-refractivity contribution in [3.63, 3.8) is 0 Å². The first-order valence-electron chi connectivity index (χ1n) is 8.93. The first-order chi connectivity index (χ1) is 13.1. The van der Waals surface area contributed by atoms with Crippen LogP contribution in [-0.4, -0.2) is 57.0 Å². The highest BCUT2D eigenvalue weighted by Gasteiger charge is 2.22. The normalized spacial score (nSPS) is 14.4. The molecule has 8 heteroatoms. The second-order valence-electron chi connectivity index (χ2n) is 6.55. The van der Waals surface area contributed by atoms with Gasteiger partial charge in [-0.2, -0.15) is 0 Å². The average Bonchev–Trinajstić information content (AvgIpc) is 2.70. The summed E-state index contributed by atoms with van der Waals surface area (Å²) >= 11 is 0. The van der Waals surface area contributed by atoms with Crippen LogP contribution in [0.25, 0.3) is 11.0 Å². The summed E-state index contributed by atoms with van der Waals surface area (Å²) in [6.45, 7) is 6.53. The third kappa shape index (κ3) is 3.64. The molecule has 0 unspecified atom stereocenters. The van der Waals surface area contributed by atoms with Crippen LogP contribution in [0.15, 0.2) is 36.7 Å². The van der Waals surface area contributed by atoms with Gasteiger partial charge in [0, 0.05) is 44.3 Å². The number of fused-ring (bicyclic) bond motifs is 1. The number of benzene rings is 1. The van der Waals surface area contributed by atoms with Crippen molar-refractivity contribution in [2.24, 2.45) is 0 Å². The number of urea groups is 1. The molecule has 0 spiro atoms. The fraction of sp³-hybridized carbons (Fsp3) is 0.316. The van der Waals surface area contributed by atoms with E-state index in [2.05, 4.69) is 30.2 Å². The number of anilines is 2. The molecule has 3 aromatic rings. The van der Waals surface area contributed by atoms with Crippen LogP contribution in [0.5, 0.6) is 0 Å². The van der Waals surface area contributed by atoms with E-state index in [1.165, 1.54) is 0 Å². The number of carbonyl (C=O) groups excluding carboxylic acids is 1. The number of amides is 2. The van der Waals surface area contributed by atoms with Gasteiger partial charge in [-0.1, -0.05) is 0 Å². The minimum atomic E-state index is -0.111. The van der Waals surface area contributed by atoms with Crippen molar-refractivity contribution in [1.82, 2.24) is 24.8 Å². The fourth-order valence-electron chi connectivity index (χ4n) is 3.08. The Balaban J connectivity index is 1.41. The van der Waals surface area contributed by atoms with E-state index in [1.54, 1.807) is 23.4 Å². The maximum absolute atomic E-state index is 12.6. The van der Waals surface area contributed by atoms with Crippen molar-refractivity contribution in [1.29, 1.82) is 0 Å². The topological polar surface area (TPSA) is 87.1 Å². The summed E-state index contributed by atoms with van der Waals surface area (Å²) in [6, 6.07) is 7.29. The molecule has 1 N–H and O–H groups in total. The van der Waals surface area contributed by atoms with Crippen molar-refractivity contribution >= 4 is 28.7 Å². The maximum atomic E-state index is 12.6. The molecule has 1 saturated heterocycles. The van der Waals surface area contributed by atoms with E-state index in [0.29, 0.717) is 32.1 Å². The van der Waals surface area contributed by atoms with E-state index >= 15 is 0 Å². The van der Waals surface area contributed by atoms with Gasteiger partial charge in [-0.15, -0.1) is 0 Å². The predicted octanol–water partition coefficient (Wildman–Crippen LogP) is 2.39. The Kier molecular flexibility index (Phi) is 4.53. The Bertz CT molecular complexity index is 968. The van der Waals surface area contributed by atoms with Crippen molar-refractivity contribution in [3.05, 3.63) is 48.0 Å². The molecule has 1 aliphatic heterocycles. The SMILES string of the molecule is Cc1nc2ccc(NC(=O)N3CCN(c4ncccn4)CC3)cc2nc1C. The number of hydrogen-bond donors (Lipinski definition) is 1. The number of nitrogens with one attached hydrogen (secondary N) is 1. The van der Waals surface area contributed by atoms with E-state index in [1.807, 2.05) is 32.0 Å². The lowest BCUT2D eigenvalue weighted by Gasteiger charge is -2.34. The number of piperazine rings is 1. The minimum absolute atomic E-state index is 0.111. The molecule has 0 bridgehead atoms. The van der Waals surface area contributed by atoms with E-state index in [9.17, 15) is 4.79 Å². The lowest BCUT2D eigenvalue weighted by atomic mass is 10.2. The van der Waals surface area contributed by atoms with Crippen molar-refractivity contribution < 1.29 is 4.79 Å². The molecule has 27 heavy (non-hydrogen) atoms. The molecule has 2 amide bonds. The molecular weight excluding hydrogens is 342 g/mol. The van der Waals surface area contributed by atoms with Gasteiger partial charge < -0.3 is 15.1 Å². The zero-order valence-corrected chi connectivity index (χ0v) is 15.4. The highest BCUT2D eigenvalue weighted by Crippen LogP contribution is 2.18. The third-order valence-electron chi connectivity index (χ3n) is 4.73. The predicted molar refractivity (Wildman–Crippen MR) is 104 cm³/mol. The minimum Gasteiger partial charge on any atom is -0.337 e. The molecule has 8 nitrogen and oxygen atoms in total. The quantitative estimate of drug-likeness (QED) is 0.752. The molecule has 3 heterocycles. The van der Waals surface area contributed by atoms with Crippen LogP contribution in [0.4, 0.5) is 16.4 Å².